The third-order valence-corrected chi connectivity index (χ3v) is 8.28. The number of aromatic nitrogens is 2. The lowest BCUT2D eigenvalue weighted by Crippen LogP contribution is -2.51. The number of nitrogens with zero attached hydrogens (tertiary/aromatic N) is 2. The molecule has 212 valence electrons. The molecule has 0 aliphatic heterocycles. The van der Waals surface area contributed by atoms with Gasteiger partial charge >= 0.3 is 6.09 Å². The highest BCUT2D eigenvalue weighted by molar-refractivity contribution is 7.89. The number of H-pyrrole nitrogens is 1. The molecule has 3 N–H and O–H groups in total. The van der Waals surface area contributed by atoms with E-state index in [4.69, 9.17) is 4.74 Å². The van der Waals surface area contributed by atoms with Crippen molar-refractivity contribution < 1.29 is 23.1 Å². The van der Waals surface area contributed by atoms with Crippen molar-refractivity contribution >= 4 is 27.1 Å². The Bertz CT molecular complexity index is 1510. The molecule has 9 nitrogen and oxygen atoms in total. The average molecular weight is 565 g/mol. The van der Waals surface area contributed by atoms with Crippen LogP contribution in [0.5, 0.6) is 0 Å². The van der Waals surface area contributed by atoms with Gasteiger partial charge in [0.1, 0.15) is 12.4 Å². The second kappa shape index (κ2) is 13.1. The molecule has 0 spiro atoms. The number of rotatable bonds is 12. The third kappa shape index (κ3) is 7.68. The number of alkyl carbamates (subject to hydrolysis) is 1. The number of carbonyl (C=O) groups excluding carboxylic acids is 1. The van der Waals surface area contributed by atoms with Crippen molar-refractivity contribution in [1.82, 2.24) is 19.6 Å². The van der Waals surface area contributed by atoms with Gasteiger partial charge in [0.25, 0.3) is 0 Å². The van der Waals surface area contributed by atoms with Gasteiger partial charge in [-0.25, -0.2) is 18.2 Å². The van der Waals surface area contributed by atoms with Crippen LogP contribution in [0.15, 0.2) is 83.8 Å². The summed E-state index contributed by atoms with van der Waals surface area (Å²) in [6, 6.07) is 22.6. The highest BCUT2D eigenvalue weighted by Gasteiger charge is 2.32. The zero-order valence-corrected chi connectivity index (χ0v) is 23.8. The van der Waals surface area contributed by atoms with E-state index >= 15 is 0 Å². The maximum atomic E-state index is 13.8. The van der Waals surface area contributed by atoms with Crippen LogP contribution in [0, 0.1) is 12.8 Å². The summed E-state index contributed by atoms with van der Waals surface area (Å²) in [6.07, 6.45) is -1.62. The van der Waals surface area contributed by atoms with Crippen LogP contribution in [0.4, 0.5) is 4.79 Å². The van der Waals surface area contributed by atoms with Crippen LogP contribution in [-0.4, -0.2) is 59.1 Å². The normalized spacial score (nSPS) is 13.4. The fourth-order valence-electron chi connectivity index (χ4n) is 4.51. The Hall–Kier alpha value is -3.73. The first-order valence-electron chi connectivity index (χ1n) is 13.3. The molecule has 0 unspecified atom stereocenters. The number of amides is 1. The van der Waals surface area contributed by atoms with Crippen molar-refractivity contribution in [3.63, 3.8) is 0 Å². The van der Waals surface area contributed by atoms with Gasteiger partial charge in [0.05, 0.1) is 28.1 Å². The number of benzene rings is 3. The van der Waals surface area contributed by atoms with E-state index in [1.54, 1.807) is 19.1 Å². The van der Waals surface area contributed by atoms with Gasteiger partial charge in [-0.1, -0.05) is 74.5 Å². The Morgan fingerprint density at radius 2 is 1.65 bits per heavy atom. The number of aliphatic hydroxyl groups excluding tert-OH is 1. The first-order chi connectivity index (χ1) is 19.1. The predicted octanol–water partition coefficient (Wildman–Crippen LogP) is 4.42. The number of aryl methyl sites for hydroxylation is 1. The minimum absolute atomic E-state index is 0.00326. The minimum atomic E-state index is -3.97. The van der Waals surface area contributed by atoms with Gasteiger partial charge in [-0.3, -0.25) is 0 Å². The predicted molar refractivity (Wildman–Crippen MR) is 154 cm³/mol. The van der Waals surface area contributed by atoms with E-state index in [9.17, 15) is 18.3 Å². The molecule has 1 aromatic heterocycles. The van der Waals surface area contributed by atoms with Crippen LogP contribution in [0.1, 0.15) is 30.8 Å². The number of carbonyl (C=O) groups is 1. The molecule has 1 amide bonds. The lowest BCUT2D eigenvalue weighted by molar-refractivity contribution is 0.0873. The molecule has 4 rings (SSSR count). The van der Waals surface area contributed by atoms with Gasteiger partial charge in [-0.2, -0.15) is 4.31 Å². The molecule has 0 radical (unpaired) electrons. The highest BCUT2D eigenvalue weighted by atomic mass is 32.2. The van der Waals surface area contributed by atoms with Crippen LogP contribution in [0.3, 0.4) is 0 Å². The fourth-order valence-corrected chi connectivity index (χ4v) is 6.16. The number of hydrogen-bond donors (Lipinski definition) is 3. The molecule has 0 aliphatic rings. The van der Waals surface area contributed by atoms with Crippen LogP contribution < -0.4 is 5.32 Å². The Balaban J connectivity index is 1.55. The molecule has 0 aliphatic carbocycles. The first-order valence-corrected chi connectivity index (χ1v) is 14.7. The molecule has 0 bridgehead atoms. The summed E-state index contributed by atoms with van der Waals surface area (Å²) in [7, 11) is -3.97. The first kappa shape index (κ1) is 29.3. The zero-order chi connectivity index (χ0) is 28.7. The van der Waals surface area contributed by atoms with Crippen molar-refractivity contribution in [2.45, 2.75) is 50.8 Å². The smallest absolute Gasteiger partial charge is 0.407 e. The van der Waals surface area contributed by atoms with Gasteiger partial charge in [0.2, 0.25) is 10.0 Å². The molecular formula is C30H36N4O5S. The SMILES string of the molecule is Cc1nc2ccc(S(=O)(=O)N(CC(C)C)C[C@@H](O)[C@H](Cc3ccccc3)NC(=O)OCc3ccccc3)cc2[nH]1. The second-order valence-electron chi connectivity index (χ2n) is 10.3. The third-order valence-electron chi connectivity index (χ3n) is 6.45. The topological polar surface area (TPSA) is 125 Å². The maximum absolute atomic E-state index is 13.8. The summed E-state index contributed by atoms with van der Waals surface area (Å²) in [5.74, 6) is 0.685. The molecule has 40 heavy (non-hydrogen) atoms. The lowest BCUT2D eigenvalue weighted by atomic mass is 10.0. The number of fused-ring (bicyclic) bond motifs is 1. The lowest BCUT2D eigenvalue weighted by Gasteiger charge is -2.30. The van der Waals surface area contributed by atoms with Crippen LogP contribution in [0.2, 0.25) is 0 Å². The number of ether oxygens (including phenoxy) is 1. The minimum Gasteiger partial charge on any atom is -0.445 e. The molecule has 4 aromatic rings. The number of sulfonamides is 1. The Kier molecular flexibility index (Phi) is 9.57. The molecule has 0 saturated carbocycles. The Morgan fingerprint density at radius 3 is 2.30 bits per heavy atom. The monoisotopic (exact) mass is 564 g/mol. The van der Waals surface area contributed by atoms with E-state index in [1.165, 1.54) is 10.4 Å². The van der Waals surface area contributed by atoms with E-state index in [2.05, 4.69) is 15.3 Å². The van der Waals surface area contributed by atoms with Crippen molar-refractivity contribution in [1.29, 1.82) is 0 Å². The van der Waals surface area contributed by atoms with Crippen molar-refractivity contribution in [3.8, 4) is 0 Å². The van der Waals surface area contributed by atoms with Gasteiger partial charge < -0.3 is 20.1 Å². The van der Waals surface area contributed by atoms with E-state index in [-0.39, 0.29) is 36.9 Å². The summed E-state index contributed by atoms with van der Waals surface area (Å²) in [6.45, 7) is 5.69. The van der Waals surface area contributed by atoms with E-state index in [0.29, 0.717) is 16.9 Å². The molecule has 2 atom stereocenters. The number of nitrogens with one attached hydrogen (secondary N) is 2. The van der Waals surface area contributed by atoms with E-state index in [0.717, 1.165) is 11.1 Å². The summed E-state index contributed by atoms with van der Waals surface area (Å²) < 4.78 is 34.2. The number of aromatic amines is 1. The van der Waals surface area contributed by atoms with Gasteiger partial charge in [0, 0.05) is 13.1 Å². The molecule has 0 fully saturated rings. The standard InChI is InChI=1S/C30H36N4O5S/c1-21(2)18-34(40(37,38)25-14-15-26-27(17-25)32-22(3)31-26)19-29(35)28(16-23-10-6-4-7-11-23)33-30(36)39-20-24-12-8-5-9-13-24/h4-15,17,21,28-29,35H,16,18-20H2,1-3H3,(H,31,32)(H,33,36)/t28-,29+/m0/s1. The van der Waals surface area contributed by atoms with Crippen LogP contribution in [-0.2, 0) is 27.8 Å². The van der Waals surface area contributed by atoms with Gasteiger partial charge in [-0.05, 0) is 48.6 Å². The van der Waals surface area contributed by atoms with Gasteiger partial charge in [0.15, 0.2) is 0 Å². The van der Waals surface area contributed by atoms with Crippen molar-refractivity contribution in [3.05, 3.63) is 95.8 Å². The molecule has 1 heterocycles. The number of imidazole rings is 1. The van der Waals surface area contributed by atoms with E-state index in [1.807, 2.05) is 74.5 Å². The fraction of sp³-hybridized carbons (Fsp3) is 0.333. The molecule has 10 heteroatoms. The molecule has 3 aromatic carbocycles. The summed E-state index contributed by atoms with van der Waals surface area (Å²) >= 11 is 0. The largest absolute Gasteiger partial charge is 0.445 e. The number of hydrogen-bond acceptors (Lipinski definition) is 6. The maximum Gasteiger partial charge on any atom is 0.407 e. The Labute approximate surface area is 235 Å². The van der Waals surface area contributed by atoms with Gasteiger partial charge in [-0.15, -0.1) is 0 Å². The Morgan fingerprint density at radius 1 is 1.00 bits per heavy atom. The summed E-state index contributed by atoms with van der Waals surface area (Å²) in [4.78, 5) is 20.3. The summed E-state index contributed by atoms with van der Waals surface area (Å²) in [5.41, 5.74) is 3.01. The van der Waals surface area contributed by atoms with Crippen molar-refractivity contribution in [2.24, 2.45) is 5.92 Å². The van der Waals surface area contributed by atoms with Crippen LogP contribution in [0.25, 0.3) is 11.0 Å². The molecule has 0 saturated heterocycles. The summed E-state index contributed by atoms with van der Waals surface area (Å²) in [5, 5.41) is 14.1. The zero-order valence-electron chi connectivity index (χ0n) is 22.9. The van der Waals surface area contributed by atoms with Crippen LogP contribution >= 0.6 is 0 Å². The quantitative estimate of drug-likeness (QED) is 0.234. The molecular weight excluding hydrogens is 528 g/mol. The average Bonchev–Trinajstić information content (AvgIpc) is 3.31. The second-order valence-corrected chi connectivity index (χ2v) is 12.2. The number of aliphatic hydroxyl groups is 1. The highest BCUT2D eigenvalue weighted by Crippen LogP contribution is 2.23. The van der Waals surface area contributed by atoms with E-state index < -0.39 is 28.3 Å². The van der Waals surface area contributed by atoms with Crippen molar-refractivity contribution in [2.75, 3.05) is 13.1 Å².